The number of aliphatic hydroxyl groups excluding tert-OH is 1. The smallest absolute Gasteiger partial charge is 0.138 e. The lowest BCUT2D eigenvalue weighted by Crippen LogP contribution is -2.06. The predicted molar refractivity (Wildman–Crippen MR) is 65.4 cm³/mol. The summed E-state index contributed by atoms with van der Waals surface area (Å²) in [5, 5.41) is 14.1. The Kier molecular flexibility index (Phi) is 3.88. The maximum atomic E-state index is 10.0. The molecule has 1 aromatic heterocycles. The highest BCUT2D eigenvalue weighted by Gasteiger charge is 2.09. The molecule has 90 valence electrons. The molecule has 2 aromatic rings. The van der Waals surface area contributed by atoms with Gasteiger partial charge in [-0.2, -0.15) is 5.10 Å². The van der Waals surface area contributed by atoms with Crippen LogP contribution in [0.5, 0.6) is 0 Å². The molecule has 0 amide bonds. The summed E-state index contributed by atoms with van der Waals surface area (Å²) in [5.74, 6) is 0.933. The fraction of sp³-hybridized carbons (Fsp3) is 0.385. The van der Waals surface area contributed by atoms with Crippen molar-refractivity contribution in [2.45, 2.75) is 32.4 Å². The maximum absolute atomic E-state index is 10.0. The van der Waals surface area contributed by atoms with Gasteiger partial charge in [-0.25, -0.2) is 4.98 Å². The number of rotatable bonds is 5. The zero-order valence-corrected chi connectivity index (χ0v) is 9.95. The number of benzene rings is 1. The number of hydrogen-bond acceptors (Lipinski definition) is 3. The minimum absolute atomic E-state index is 0.432. The van der Waals surface area contributed by atoms with Crippen molar-refractivity contribution in [3.8, 4) is 0 Å². The molecule has 2 rings (SSSR count). The van der Waals surface area contributed by atoms with E-state index in [2.05, 4.69) is 10.1 Å². The Morgan fingerprint density at radius 2 is 2.06 bits per heavy atom. The van der Waals surface area contributed by atoms with Gasteiger partial charge in [0.05, 0.1) is 6.10 Å². The van der Waals surface area contributed by atoms with E-state index in [0.717, 1.165) is 24.4 Å². The molecule has 0 saturated heterocycles. The van der Waals surface area contributed by atoms with Crippen LogP contribution in [-0.2, 0) is 13.0 Å². The van der Waals surface area contributed by atoms with Crippen LogP contribution in [0.4, 0.5) is 0 Å². The highest BCUT2D eigenvalue weighted by Crippen LogP contribution is 2.17. The van der Waals surface area contributed by atoms with Gasteiger partial charge in [0.25, 0.3) is 0 Å². The Morgan fingerprint density at radius 3 is 2.76 bits per heavy atom. The van der Waals surface area contributed by atoms with Gasteiger partial charge in [0.15, 0.2) is 0 Å². The molecule has 0 bridgehead atoms. The van der Waals surface area contributed by atoms with Gasteiger partial charge in [-0.15, -0.1) is 0 Å². The zero-order valence-electron chi connectivity index (χ0n) is 9.95. The quantitative estimate of drug-likeness (QED) is 0.855. The highest BCUT2D eigenvalue weighted by atomic mass is 16.3. The van der Waals surface area contributed by atoms with Gasteiger partial charge in [0, 0.05) is 13.0 Å². The summed E-state index contributed by atoms with van der Waals surface area (Å²) in [6, 6.07) is 9.70. The molecule has 0 radical (unpaired) electrons. The van der Waals surface area contributed by atoms with Crippen molar-refractivity contribution in [1.29, 1.82) is 0 Å². The van der Waals surface area contributed by atoms with Gasteiger partial charge < -0.3 is 5.11 Å². The second kappa shape index (κ2) is 5.59. The molecule has 1 heterocycles. The van der Waals surface area contributed by atoms with E-state index in [1.54, 1.807) is 6.33 Å². The first-order valence-electron chi connectivity index (χ1n) is 5.91. The second-order valence-electron chi connectivity index (χ2n) is 3.96. The Bertz CT molecular complexity index is 453. The maximum Gasteiger partial charge on any atom is 0.138 e. The van der Waals surface area contributed by atoms with Crippen molar-refractivity contribution in [1.82, 2.24) is 14.8 Å². The number of aliphatic hydroxyl groups is 1. The standard InChI is InChI=1S/C13H17N3O/c1-2-16-13(14-10-15-16)9-8-12(17)11-6-4-3-5-7-11/h3-7,10,12,17H,2,8-9H2,1H3. The van der Waals surface area contributed by atoms with Gasteiger partial charge in [0.2, 0.25) is 0 Å². The summed E-state index contributed by atoms with van der Waals surface area (Å²) in [6.07, 6.45) is 2.54. The third-order valence-electron chi connectivity index (χ3n) is 2.82. The van der Waals surface area contributed by atoms with E-state index in [0.29, 0.717) is 6.42 Å². The molecule has 1 atom stereocenters. The first-order chi connectivity index (χ1) is 8.31. The van der Waals surface area contributed by atoms with Crippen LogP contribution in [0.2, 0.25) is 0 Å². The molecular weight excluding hydrogens is 214 g/mol. The van der Waals surface area contributed by atoms with Crippen molar-refractivity contribution in [3.05, 3.63) is 48.0 Å². The number of nitrogens with zero attached hydrogens (tertiary/aromatic N) is 3. The Morgan fingerprint density at radius 1 is 1.29 bits per heavy atom. The topological polar surface area (TPSA) is 50.9 Å². The van der Waals surface area contributed by atoms with Crippen molar-refractivity contribution in [3.63, 3.8) is 0 Å². The molecular formula is C13H17N3O. The lowest BCUT2D eigenvalue weighted by atomic mass is 10.1. The van der Waals surface area contributed by atoms with Crippen LogP contribution >= 0.6 is 0 Å². The highest BCUT2D eigenvalue weighted by molar-refractivity contribution is 5.17. The van der Waals surface area contributed by atoms with E-state index < -0.39 is 6.10 Å². The van der Waals surface area contributed by atoms with Gasteiger partial charge in [-0.1, -0.05) is 30.3 Å². The fourth-order valence-corrected chi connectivity index (χ4v) is 1.85. The van der Waals surface area contributed by atoms with Crippen molar-refractivity contribution in [2.24, 2.45) is 0 Å². The van der Waals surface area contributed by atoms with Gasteiger partial charge in [-0.3, -0.25) is 4.68 Å². The summed E-state index contributed by atoms with van der Waals surface area (Å²) in [6.45, 7) is 2.85. The van der Waals surface area contributed by atoms with Crippen LogP contribution < -0.4 is 0 Å². The normalized spacial score (nSPS) is 12.6. The van der Waals surface area contributed by atoms with Crippen LogP contribution in [0.3, 0.4) is 0 Å². The van der Waals surface area contributed by atoms with Crippen LogP contribution in [0, 0.1) is 0 Å². The Balaban J connectivity index is 1.95. The van der Waals surface area contributed by atoms with E-state index in [1.165, 1.54) is 0 Å². The van der Waals surface area contributed by atoms with Crippen molar-refractivity contribution < 1.29 is 5.11 Å². The SMILES string of the molecule is CCn1ncnc1CCC(O)c1ccccc1. The third-order valence-corrected chi connectivity index (χ3v) is 2.82. The first kappa shape index (κ1) is 11.8. The molecule has 0 fully saturated rings. The van der Waals surface area contributed by atoms with E-state index in [9.17, 15) is 5.11 Å². The largest absolute Gasteiger partial charge is 0.388 e. The van der Waals surface area contributed by atoms with Gasteiger partial charge in [0.1, 0.15) is 12.2 Å². The molecule has 0 aliphatic carbocycles. The molecule has 1 N–H and O–H groups in total. The summed E-state index contributed by atoms with van der Waals surface area (Å²) >= 11 is 0. The minimum Gasteiger partial charge on any atom is -0.388 e. The average molecular weight is 231 g/mol. The summed E-state index contributed by atoms with van der Waals surface area (Å²) in [7, 11) is 0. The molecule has 1 unspecified atom stereocenters. The molecule has 0 aliphatic heterocycles. The van der Waals surface area contributed by atoms with E-state index >= 15 is 0 Å². The van der Waals surface area contributed by atoms with Gasteiger partial charge >= 0.3 is 0 Å². The average Bonchev–Trinajstić information content (AvgIpc) is 2.84. The summed E-state index contributed by atoms with van der Waals surface area (Å²) < 4.78 is 1.86. The zero-order chi connectivity index (χ0) is 12.1. The Labute approximate surface area is 101 Å². The number of aromatic nitrogens is 3. The summed E-state index contributed by atoms with van der Waals surface area (Å²) in [5.41, 5.74) is 0.954. The fourth-order valence-electron chi connectivity index (χ4n) is 1.85. The lowest BCUT2D eigenvalue weighted by Gasteiger charge is -2.10. The van der Waals surface area contributed by atoms with Gasteiger partial charge in [-0.05, 0) is 18.9 Å². The minimum atomic E-state index is -0.432. The molecule has 0 saturated carbocycles. The predicted octanol–water partition coefficient (Wildman–Crippen LogP) is 1.96. The van der Waals surface area contributed by atoms with Crippen LogP contribution in [0.1, 0.15) is 30.8 Å². The van der Waals surface area contributed by atoms with E-state index in [4.69, 9.17) is 0 Å². The van der Waals surface area contributed by atoms with Crippen LogP contribution in [0.15, 0.2) is 36.7 Å². The third kappa shape index (κ3) is 2.91. The van der Waals surface area contributed by atoms with Crippen molar-refractivity contribution >= 4 is 0 Å². The van der Waals surface area contributed by atoms with Crippen LogP contribution in [0.25, 0.3) is 0 Å². The van der Waals surface area contributed by atoms with Crippen molar-refractivity contribution in [2.75, 3.05) is 0 Å². The molecule has 0 aliphatic rings. The number of hydrogen-bond donors (Lipinski definition) is 1. The molecule has 0 spiro atoms. The monoisotopic (exact) mass is 231 g/mol. The number of aryl methyl sites for hydroxylation is 2. The molecule has 4 heteroatoms. The lowest BCUT2D eigenvalue weighted by molar-refractivity contribution is 0.166. The molecule has 1 aromatic carbocycles. The molecule has 4 nitrogen and oxygen atoms in total. The molecule has 17 heavy (non-hydrogen) atoms. The van der Waals surface area contributed by atoms with Crippen LogP contribution in [-0.4, -0.2) is 19.9 Å². The first-order valence-corrected chi connectivity index (χ1v) is 5.91. The Hall–Kier alpha value is -1.68. The summed E-state index contributed by atoms with van der Waals surface area (Å²) in [4.78, 5) is 4.19. The van der Waals surface area contributed by atoms with E-state index in [1.807, 2.05) is 41.9 Å². The van der Waals surface area contributed by atoms with E-state index in [-0.39, 0.29) is 0 Å². The second-order valence-corrected chi connectivity index (χ2v) is 3.96.